The Kier molecular flexibility index (Phi) is 2.73. The van der Waals surface area contributed by atoms with Crippen LogP contribution in [0.5, 0.6) is 0 Å². The van der Waals surface area contributed by atoms with Crippen molar-refractivity contribution in [3.05, 3.63) is 84.9 Å². The average molecular weight is 373 g/mol. The summed E-state index contributed by atoms with van der Waals surface area (Å²) in [5.74, 6) is 0. The molecular weight excluding hydrogens is 354 g/mol. The first-order valence-corrected chi connectivity index (χ1v) is 10.1. The van der Waals surface area contributed by atoms with Crippen molar-refractivity contribution in [1.29, 1.82) is 0 Å². The van der Waals surface area contributed by atoms with Gasteiger partial charge in [0.05, 0.1) is 40.3 Å². The van der Waals surface area contributed by atoms with Crippen molar-refractivity contribution in [3.63, 3.8) is 0 Å². The maximum Gasteiger partial charge on any atom is 0.0950 e. The Morgan fingerprint density at radius 1 is 0.552 bits per heavy atom. The number of para-hydroxylation sites is 5. The SMILES string of the molecule is CN1CN(c2cccc3c4cccc5c6ccccc6n(c23)c54)c2ccccc21. The third-order valence-corrected chi connectivity index (χ3v) is 6.45. The Labute approximate surface area is 168 Å². The quantitative estimate of drug-likeness (QED) is 0.331. The molecule has 1 aliphatic rings. The van der Waals surface area contributed by atoms with Gasteiger partial charge in [0.15, 0.2) is 0 Å². The molecule has 2 aromatic heterocycles. The third-order valence-electron chi connectivity index (χ3n) is 6.45. The third kappa shape index (κ3) is 1.78. The van der Waals surface area contributed by atoms with Gasteiger partial charge in [0.2, 0.25) is 0 Å². The van der Waals surface area contributed by atoms with Gasteiger partial charge in [-0.2, -0.15) is 0 Å². The van der Waals surface area contributed by atoms with Crippen molar-refractivity contribution in [2.75, 3.05) is 23.5 Å². The number of hydrogen-bond donors (Lipinski definition) is 0. The largest absolute Gasteiger partial charge is 0.355 e. The minimum absolute atomic E-state index is 0.856. The highest BCUT2D eigenvalue weighted by Gasteiger charge is 2.27. The minimum atomic E-state index is 0.856. The monoisotopic (exact) mass is 373 g/mol. The summed E-state index contributed by atoms with van der Waals surface area (Å²) in [6, 6.07) is 30.9. The number of aromatic nitrogens is 1. The van der Waals surface area contributed by atoms with Gasteiger partial charge in [0.25, 0.3) is 0 Å². The normalized spacial score (nSPS) is 14.1. The lowest BCUT2D eigenvalue weighted by atomic mass is 10.1. The van der Waals surface area contributed by atoms with Crippen LogP contribution in [0, 0.1) is 0 Å². The number of nitrogens with zero attached hydrogens (tertiary/aromatic N) is 3. The summed E-state index contributed by atoms with van der Waals surface area (Å²) in [5, 5.41) is 5.31. The Bertz CT molecular complexity index is 1560. The number of rotatable bonds is 1. The summed E-state index contributed by atoms with van der Waals surface area (Å²) in [6.07, 6.45) is 0. The maximum absolute atomic E-state index is 2.48. The lowest BCUT2D eigenvalue weighted by Gasteiger charge is -2.21. The van der Waals surface area contributed by atoms with E-state index in [2.05, 4.69) is 106 Å². The molecule has 3 heterocycles. The Morgan fingerprint density at radius 3 is 2.00 bits per heavy atom. The second-order valence-corrected chi connectivity index (χ2v) is 7.98. The minimum Gasteiger partial charge on any atom is -0.355 e. The molecule has 1 aliphatic heterocycles. The van der Waals surface area contributed by atoms with Crippen molar-refractivity contribution in [3.8, 4) is 0 Å². The number of benzene rings is 4. The second-order valence-electron chi connectivity index (χ2n) is 7.98. The van der Waals surface area contributed by atoms with Crippen LogP contribution < -0.4 is 9.80 Å². The van der Waals surface area contributed by atoms with E-state index in [1.165, 1.54) is 55.2 Å². The van der Waals surface area contributed by atoms with Crippen molar-refractivity contribution in [2.45, 2.75) is 0 Å². The van der Waals surface area contributed by atoms with E-state index in [9.17, 15) is 0 Å². The average Bonchev–Trinajstić information content (AvgIpc) is 3.41. The standard InChI is InChI=1S/C26H19N3/c1-27-16-28(23-14-5-4-13-22(23)27)24-15-7-11-20-19-10-6-9-18-17-8-2-3-12-21(17)29(25(18)19)26(20)24/h2-15H,16H2,1H3. The van der Waals surface area contributed by atoms with E-state index in [0.717, 1.165) is 6.67 Å². The summed E-state index contributed by atoms with van der Waals surface area (Å²) in [4.78, 5) is 4.76. The number of fused-ring (bicyclic) bond motifs is 7. The molecule has 0 unspecified atom stereocenters. The van der Waals surface area contributed by atoms with Crippen LogP contribution in [0.3, 0.4) is 0 Å². The highest BCUT2D eigenvalue weighted by Crippen LogP contribution is 2.46. The van der Waals surface area contributed by atoms with Gasteiger partial charge >= 0.3 is 0 Å². The van der Waals surface area contributed by atoms with Crippen LogP contribution in [0.1, 0.15) is 0 Å². The van der Waals surface area contributed by atoms with Crippen LogP contribution in [0.15, 0.2) is 84.9 Å². The summed E-state index contributed by atoms with van der Waals surface area (Å²) in [6.45, 7) is 0.856. The van der Waals surface area contributed by atoms with Gasteiger partial charge in [-0.3, -0.25) is 0 Å². The molecule has 3 nitrogen and oxygen atoms in total. The van der Waals surface area contributed by atoms with Crippen molar-refractivity contribution in [2.24, 2.45) is 0 Å². The van der Waals surface area contributed by atoms with Gasteiger partial charge in [-0.1, -0.05) is 60.7 Å². The number of hydrogen-bond acceptors (Lipinski definition) is 2. The van der Waals surface area contributed by atoms with Gasteiger partial charge in [0.1, 0.15) is 0 Å². The fraction of sp³-hybridized carbons (Fsp3) is 0.0769. The van der Waals surface area contributed by atoms with Crippen molar-refractivity contribution < 1.29 is 0 Å². The molecule has 0 saturated heterocycles. The molecule has 0 radical (unpaired) electrons. The first kappa shape index (κ1) is 15.2. The van der Waals surface area contributed by atoms with E-state index in [1.807, 2.05) is 0 Å². The van der Waals surface area contributed by atoms with Crippen LogP contribution in [-0.4, -0.2) is 18.1 Å². The molecule has 4 aromatic carbocycles. The van der Waals surface area contributed by atoms with Gasteiger partial charge in [-0.05, 0) is 24.3 Å². The molecule has 0 N–H and O–H groups in total. The van der Waals surface area contributed by atoms with E-state index in [0.29, 0.717) is 0 Å². The Morgan fingerprint density at radius 2 is 1.14 bits per heavy atom. The lowest BCUT2D eigenvalue weighted by Crippen LogP contribution is -2.24. The van der Waals surface area contributed by atoms with Crippen LogP contribution in [-0.2, 0) is 0 Å². The van der Waals surface area contributed by atoms with Crippen molar-refractivity contribution >= 4 is 55.2 Å². The summed E-state index contributed by atoms with van der Waals surface area (Å²) in [5.41, 5.74) is 7.72. The zero-order valence-corrected chi connectivity index (χ0v) is 16.1. The van der Waals surface area contributed by atoms with E-state index in [4.69, 9.17) is 0 Å². The lowest BCUT2D eigenvalue weighted by molar-refractivity contribution is 0.951. The van der Waals surface area contributed by atoms with E-state index < -0.39 is 0 Å². The molecule has 0 amide bonds. The molecule has 0 atom stereocenters. The van der Waals surface area contributed by atoms with E-state index in [1.54, 1.807) is 0 Å². The van der Waals surface area contributed by atoms with Crippen LogP contribution in [0.25, 0.3) is 38.1 Å². The highest BCUT2D eigenvalue weighted by atomic mass is 15.4. The molecule has 138 valence electrons. The predicted molar refractivity (Wildman–Crippen MR) is 123 cm³/mol. The molecule has 29 heavy (non-hydrogen) atoms. The molecule has 0 fully saturated rings. The smallest absolute Gasteiger partial charge is 0.0950 e. The molecule has 0 saturated carbocycles. The molecule has 6 aromatic rings. The van der Waals surface area contributed by atoms with E-state index in [-0.39, 0.29) is 0 Å². The Hall–Kier alpha value is -3.72. The number of anilines is 3. The molecule has 0 bridgehead atoms. The predicted octanol–water partition coefficient (Wildman–Crippen LogP) is 6.38. The topological polar surface area (TPSA) is 10.9 Å². The summed E-state index contributed by atoms with van der Waals surface area (Å²) >= 11 is 0. The van der Waals surface area contributed by atoms with Crippen LogP contribution >= 0.6 is 0 Å². The molecule has 7 rings (SSSR count). The van der Waals surface area contributed by atoms with Gasteiger partial charge in [-0.15, -0.1) is 0 Å². The van der Waals surface area contributed by atoms with Gasteiger partial charge < -0.3 is 14.2 Å². The zero-order chi connectivity index (χ0) is 19.1. The van der Waals surface area contributed by atoms with Gasteiger partial charge in [-0.25, -0.2) is 0 Å². The highest BCUT2D eigenvalue weighted by molar-refractivity contribution is 6.25. The van der Waals surface area contributed by atoms with E-state index >= 15 is 0 Å². The van der Waals surface area contributed by atoms with Crippen molar-refractivity contribution in [1.82, 2.24) is 4.40 Å². The Balaban J connectivity index is 1.68. The second kappa shape index (κ2) is 5.21. The molecule has 0 spiro atoms. The summed E-state index contributed by atoms with van der Waals surface area (Å²) in [7, 11) is 2.17. The fourth-order valence-electron chi connectivity index (χ4n) is 5.26. The molecule has 0 aliphatic carbocycles. The summed E-state index contributed by atoms with van der Waals surface area (Å²) < 4.78 is 2.48. The first-order chi connectivity index (χ1) is 14.3. The fourth-order valence-corrected chi connectivity index (χ4v) is 5.26. The molecular formula is C26H19N3. The van der Waals surface area contributed by atoms with Crippen LogP contribution in [0.2, 0.25) is 0 Å². The first-order valence-electron chi connectivity index (χ1n) is 10.1. The molecule has 3 heteroatoms. The maximum atomic E-state index is 2.48. The zero-order valence-electron chi connectivity index (χ0n) is 16.1. The van der Waals surface area contributed by atoms with Crippen LogP contribution in [0.4, 0.5) is 17.1 Å². The van der Waals surface area contributed by atoms with Gasteiger partial charge in [0, 0.05) is 28.6 Å².